The number of rotatable bonds is 6. The first-order chi connectivity index (χ1) is 9.60. The van der Waals surface area contributed by atoms with Gasteiger partial charge in [0.15, 0.2) is 0 Å². The third-order valence-corrected chi connectivity index (χ3v) is 5.11. The van der Waals surface area contributed by atoms with E-state index in [1.54, 1.807) is 11.1 Å². The van der Waals surface area contributed by atoms with Crippen LogP contribution in [0.25, 0.3) is 0 Å². The molecule has 1 heteroatoms. The van der Waals surface area contributed by atoms with E-state index in [4.69, 9.17) is 0 Å². The summed E-state index contributed by atoms with van der Waals surface area (Å²) in [5, 5.41) is 3.74. The molecule has 20 heavy (non-hydrogen) atoms. The van der Waals surface area contributed by atoms with Crippen LogP contribution in [0.3, 0.4) is 0 Å². The Morgan fingerprint density at radius 3 is 2.65 bits per heavy atom. The predicted octanol–water partition coefficient (Wildman–Crippen LogP) is 4.69. The van der Waals surface area contributed by atoms with E-state index in [1.807, 2.05) is 0 Å². The van der Waals surface area contributed by atoms with Crippen molar-refractivity contribution in [2.45, 2.75) is 71.3 Å². The number of hydrogen-bond acceptors (Lipinski definition) is 1. The molecule has 2 rings (SSSR count). The third kappa shape index (κ3) is 3.09. The van der Waals surface area contributed by atoms with Crippen molar-refractivity contribution in [3.05, 3.63) is 35.4 Å². The van der Waals surface area contributed by atoms with Crippen molar-refractivity contribution in [1.82, 2.24) is 5.32 Å². The molecule has 0 aliphatic heterocycles. The van der Waals surface area contributed by atoms with Crippen LogP contribution in [-0.2, 0) is 11.8 Å². The summed E-state index contributed by atoms with van der Waals surface area (Å²) in [6.07, 6.45) is 6.55. The molecular weight excluding hydrogens is 242 g/mol. The summed E-state index contributed by atoms with van der Waals surface area (Å²) < 4.78 is 0. The van der Waals surface area contributed by atoms with E-state index >= 15 is 0 Å². The van der Waals surface area contributed by atoms with E-state index in [9.17, 15) is 0 Å². The van der Waals surface area contributed by atoms with Gasteiger partial charge in [-0.3, -0.25) is 0 Å². The SMILES string of the molecule is CCCC(C)C1(CNC(C)C)CCCc2ccccc21. The lowest BCUT2D eigenvalue weighted by Crippen LogP contribution is -2.47. The maximum atomic E-state index is 3.74. The summed E-state index contributed by atoms with van der Waals surface area (Å²) in [6, 6.07) is 9.73. The van der Waals surface area contributed by atoms with Crippen molar-refractivity contribution < 1.29 is 0 Å². The number of fused-ring (bicyclic) bond motifs is 1. The molecule has 1 aromatic rings. The molecule has 0 saturated carbocycles. The maximum absolute atomic E-state index is 3.74. The molecule has 0 aromatic heterocycles. The van der Waals surface area contributed by atoms with Crippen molar-refractivity contribution in [2.75, 3.05) is 6.54 Å². The zero-order valence-corrected chi connectivity index (χ0v) is 13.7. The normalized spacial score (nSPS) is 23.6. The lowest BCUT2D eigenvalue weighted by atomic mass is 9.62. The Balaban J connectivity index is 2.36. The molecule has 112 valence electrons. The molecule has 0 bridgehead atoms. The molecule has 1 aliphatic rings. The molecule has 0 saturated heterocycles. The first-order valence-corrected chi connectivity index (χ1v) is 8.42. The molecule has 0 spiro atoms. The minimum atomic E-state index is 0.342. The molecule has 0 fully saturated rings. The van der Waals surface area contributed by atoms with Crippen molar-refractivity contribution >= 4 is 0 Å². The van der Waals surface area contributed by atoms with Crippen LogP contribution in [0.1, 0.15) is 64.5 Å². The fourth-order valence-corrected chi connectivity index (χ4v) is 3.92. The molecule has 1 N–H and O–H groups in total. The highest BCUT2D eigenvalue weighted by Gasteiger charge is 2.40. The Bertz CT molecular complexity index is 424. The zero-order chi connectivity index (χ0) is 14.6. The maximum Gasteiger partial charge on any atom is 0.0106 e. The first kappa shape index (κ1) is 15.6. The fourth-order valence-electron chi connectivity index (χ4n) is 3.92. The lowest BCUT2D eigenvalue weighted by Gasteiger charge is -2.45. The van der Waals surface area contributed by atoms with Gasteiger partial charge in [0.1, 0.15) is 0 Å². The second-order valence-electron chi connectivity index (χ2n) is 6.89. The number of hydrogen-bond donors (Lipinski definition) is 1. The summed E-state index contributed by atoms with van der Waals surface area (Å²) in [7, 11) is 0. The Morgan fingerprint density at radius 1 is 1.20 bits per heavy atom. The number of benzene rings is 1. The molecule has 1 nitrogen and oxygen atoms in total. The van der Waals surface area contributed by atoms with Gasteiger partial charge in [-0.1, -0.05) is 64.8 Å². The van der Waals surface area contributed by atoms with Crippen LogP contribution in [0.5, 0.6) is 0 Å². The summed E-state index contributed by atoms with van der Waals surface area (Å²) >= 11 is 0. The van der Waals surface area contributed by atoms with Crippen molar-refractivity contribution in [3.63, 3.8) is 0 Å². The van der Waals surface area contributed by atoms with Gasteiger partial charge >= 0.3 is 0 Å². The molecule has 0 radical (unpaired) electrons. The number of aryl methyl sites for hydroxylation is 1. The van der Waals surface area contributed by atoms with E-state index < -0.39 is 0 Å². The highest BCUT2D eigenvalue weighted by atomic mass is 14.9. The van der Waals surface area contributed by atoms with Crippen LogP contribution < -0.4 is 5.32 Å². The Kier molecular flexibility index (Phi) is 5.26. The molecule has 0 amide bonds. The molecular formula is C19H31N. The molecule has 0 heterocycles. The monoisotopic (exact) mass is 273 g/mol. The van der Waals surface area contributed by atoms with Crippen molar-refractivity contribution in [2.24, 2.45) is 5.92 Å². The van der Waals surface area contributed by atoms with Crippen LogP contribution in [0, 0.1) is 5.92 Å². The van der Waals surface area contributed by atoms with E-state index in [0.29, 0.717) is 11.5 Å². The van der Waals surface area contributed by atoms with Crippen LogP contribution in [-0.4, -0.2) is 12.6 Å². The van der Waals surface area contributed by atoms with Crippen molar-refractivity contribution in [3.8, 4) is 0 Å². The molecule has 2 unspecified atom stereocenters. The van der Waals surface area contributed by atoms with Gasteiger partial charge in [0.05, 0.1) is 0 Å². The first-order valence-electron chi connectivity index (χ1n) is 8.42. The van der Waals surface area contributed by atoms with E-state index in [-0.39, 0.29) is 0 Å². The summed E-state index contributed by atoms with van der Waals surface area (Å²) in [5.74, 6) is 0.750. The van der Waals surface area contributed by atoms with Gasteiger partial charge in [-0.25, -0.2) is 0 Å². The lowest BCUT2D eigenvalue weighted by molar-refractivity contribution is 0.218. The Hall–Kier alpha value is -0.820. The van der Waals surface area contributed by atoms with Crippen LogP contribution >= 0.6 is 0 Å². The van der Waals surface area contributed by atoms with Crippen molar-refractivity contribution in [1.29, 1.82) is 0 Å². The van der Waals surface area contributed by atoms with Gasteiger partial charge in [-0.2, -0.15) is 0 Å². The minimum absolute atomic E-state index is 0.342. The van der Waals surface area contributed by atoms with Crippen LogP contribution in [0.15, 0.2) is 24.3 Å². The van der Waals surface area contributed by atoms with Gasteiger partial charge in [0.2, 0.25) is 0 Å². The van der Waals surface area contributed by atoms with Gasteiger partial charge in [0, 0.05) is 18.0 Å². The van der Waals surface area contributed by atoms with Crippen LogP contribution in [0.2, 0.25) is 0 Å². The van der Waals surface area contributed by atoms with Gasteiger partial charge < -0.3 is 5.32 Å². The highest BCUT2D eigenvalue weighted by Crippen LogP contribution is 2.44. The average molecular weight is 273 g/mol. The molecule has 2 atom stereocenters. The predicted molar refractivity (Wildman–Crippen MR) is 88.3 cm³/mol. The fraction of sp³-hybridized carbons (Fsp3) is 0.684. The highest BCUT2D eigenvalue weighted by molar-refractivity contribution is 5.38. The van der Waals surface area contributed by atoms with E-state index in [0.717, 1.165) is 12.5 Å². The largest absolute Gasteiger partial charge is 0.314 e. The van der Waals surface area contributed by atoms with Gasteiger partial charge in [-0.15, -0.1) is 0 Å². The van der Waals surface area contributed by atoms with Gasteiger partial charge in [0.25, 0.3) is 0 Å². The third-order valence-electron chi connectivity index (χ3n) is 5.11. The van der Waals surface area contributed by atoms with Gasteiger partial charge in [-0.05, 0) is 36.3 Å². The minimum Gasteiger partial charge on any atom is -0.314 e. The molecule has 1 aromatic carbocycles. The van der Waals surface area contributed by atoms with E-state index in [2.05, 4.69) is 57.3 Å². The average Bonchev–Trinajstić information content (AvgIpc) is 2.45. The second kappa shape index (κ2) is 6.76. The summed E-state index contributed by atoms with van der Waals surface area (Å²) in [5.41, 5.74) is 3.56. The Labute approximate surface area is 125 Å². The van der Waals surface area contributed by atoms with Crippen LogP contribution in [0.4, 0.5) is 0 Å². The van der Waals surface area contributed by atoms with E-state index in [1.165, 1.54) is 32.1 Å². The zero-order valence-electron chi connectivity index (χ0n) is 13.7. The number of nitrogens with one attached hydrogen (secondary N) is 1. The topological polar surface area (TPSA) is 12.0 Å². The molecule has 1 aliphatic carbocycles. The quantitative estimate of drug-likeness (QED) is 0.792. The summed E-state index contributed by atoms with van der Waals surface area (Å²) in [4.78, 5) is 0. The Morgan fingerprint density at radius 2 is 1.95 bits per heavy atom. The summed E-state index contributed by atoms with van der Waals surface area (Å²) in [6.45, 7) is 10.4. The smallest absolute Gasteiger partial charge is 0.0106 e. The second-order valence-corrected chi connectivity index (χ2v) is 6.89. The standard InChI is InChI=1S/C19H31N/c1-5-9-16(4)19(14-20-15(2)3)13-8-11-17-10-6-7-12-18(17)19/h6-7,10,12,15-16,20H,5,8-9,11,13-14H2,1-4H3.